The zero-order valence-corrected chi connectivity index (χ0v) is 9.40. The predicted octanol–water partition coefficient (Wildman–Crippen LogP) is 1.08. The van der Waals surface area contributed by atoms with Crippen molar-refractivity contribution in [3.8, 4) is 0 Å². The summed E-state index contributed by atoms with van der Waals surface area (Å²) >= 11 is 0. The minimum absolute atomic E-state index is 0.251. The maximum Gasteiger partial charge on any atom is 0.0378 e. The molecule has 0 fully saturated rings. The van der Waals surface area contributed by atoms with E-state index in [0.717, 1.165) is 24.1 Å². The topological polar surface area (TPSA) is 77.0 Å². The lowest BCUT2D eigenvalue weighted by molar-refractivity contribution is 0.370. The molecule has 0 amide bonds. The summed E-state index contributed by atoms with van der Waals surface area (Å²) in [7, 11) is 0. The number of hydrogen-bond donors (Lipinski definition) is 3. The molecule has 1 rings (SSSR count). The molecular formula is C11H20N4. The largest absolute Gasteiger partial charge is 0.398 e. The van der Waals surface area contributed by atoms with Gasteiger partial charge in [0.05, 0.1) is 0 Å². The van der Waals surface area contributed by atoms with E-state index in [1.54, 1.807) is 6.20 Å². The molecule has 4 heteroatoms. The Bertz CT molecular complexity index is 300. The Kier molecular flexibility index (Phi) is 4.52. The van der Waals surface area contributed by atoms with Crippen molar-refractivity contribution in [1.29, 1.82) is 0 Å². The Labute approximate surface area is 91.0 Å². The van der Waals surface area contributed by atoms with Gasteiger partial charge >= 0.3 is 0 Å². The van der Waals surface area contributed by atoms with Crippen LogP contribution < -0.4 is 17.0 Å². The van der Waals surface area contributed by atoms with E-state index >= 15 is 0 Å². The molecule has 0 aliphatic rings. The van der Waals surface area contributed by atoms with Crippen molar-refractivity contribution in [3.05, 3.63) is 24.0 Å². The number of nitrogens with one attached hydrogen (secondary N) is 1. The molecule has 0 bridgehead atoms. The molecule has 84 valence electrons. The van der Waals surface area contributed by atoms with Crippen molar-refractivity contribution in [2.45, 2.75) is 32.7 Å². The highest BCUT2D eigenvalue weighted by Crippen LogP contribution is 2.16. The van der Waals surface area contributed by atoms with Crippen molar-refractivity contribution in [2.24, 2.45) is 11.8 Å². The fourth-order valence-electron chi connectivity index (χ4n) is 1.55. The van der Waals surface area contributed by atoms with Crippen LogP contribution in [0.1, 0.15) is 25.8 Å². The summed E-state index contributed by atoms with van der Waals surface area (Å²) in [4.78, 5) is 4.07. The number of nitrogens with zero attached hydrogens (tertiary/aromatic N) is 1. The second kappa shape index (κ2) is 5.68. The van der Waals surface area contributed by atoms with Crippen LogP contribution in [0.15, 0.2) is 18.5 Å². The maximum absolute atomic E-state index is 5.86. The average molecular weight is 208 g/mol. The second-order valence-corrected chi connectivity index (χ2v) is 3.94. The first kappa shape index (κ1) is 11.9. The lowest BCUT2D eigenvalue weighted by Gasteiger charge is -2.22. The Morgan fingerprint density at radius 2 is 2.27 bits per heavy atom. The zero-order chi connectivity index (χ0) is 11.3. The van der Waals surface area contributed by atoms with E-state index < -0.39 is 0 Å². The first-order valence-electron chi connectivity index (χ1n) is 5.33. The molecule has 0 spiro atoms. The smallest absolute Gasteiger partial charge is 0.0378 e. The first-order valence-corrected chi connectivity index (χ1v) is 5.33. The lowest BCUT2D eigenvalue weighted by atomic mass is 9.94. The summed E-state index contributed by atoms with van der Waals surface area (Å²) in [6.45, 7) is 4.33. The van der Waals surface area contributed by atoms with Crippen LogP contribution in [-0.2, 0) is 6.42 Å². The number of nitrogens with two attached hydrogens (primary N) is 2. The standard InChI is InChI=1S/C11H20N4/c1-3-8(2)11(15-13)6-9-7-14-5-4-10(9)12/h4-5,7-8,11,15H,3,6,13H2,1-2H3,(H2,12,14). The predicted molar refractivity (Wildman–Crippen MR) is 62.9 cm³/mol. The Morgan fingerprint density at radius 1 is 1.53 bits per heavy atom. The Balaban J connectivity index is 2.71. The SMILES string of the molecule is CCC(C)C(Cc1cnccc1N)NN. The zero-order valence-electron chi connectivity index (χ0n) is 9.40. The van der Waals surface area contributed by atoms with Gasteiger partial charge < -0.3 is 5.73 Å². The van der Waals surface area contributed by atoms with Crippen LogP contribution in [0.2, 0.25) is 0 Å². The molecule has 5 N–H and O–H groups in total. The van der Waals surface area contributed by atoms with Crippen LogP contribution in [0.5, 0.6) is 0 Å². The Hall–Kier alpha value is -1.13. The molecule has 0 saturated heterocycles. The minimum Gasteiger partial charge on any atom is -0.398 e. The van der Waals surface area contributed by atoms with Crippen molar-refractivity contribution < 1.29 is 0 Å². The molecule has 15 heavy (non-hydrogen) atoms. The van der Waals surface area contributed by atoms with Gasteiger partial charge in [-0.2, -0.15) is 0 Å². The Morgan fingerprint density at radius 3 is 2.80 bits per heavy atom. The summed E-state index contributed by atoms with van der Waals surface area (Å²) in [5.74, 6) is 6.06. The molecule has 0 aliphatic heterocycles. The summed E-state index contributed by atoms with van der Waals surface area (Å²) < 4.78 is 0. The van der Waals surface area contributed by atoms with Crippen molar-refractivity contribution >= 4 is 5.69 Å². The summed E-state index contributed by atoms with van der Waals surface area (Å²) in [6, 6.07) is 2.07. The quantitative estimate of drug-likeness (QED) is 0.500. The normalized spacial score (nSPS) is 14.9. The lowest BCUT2D eigenvalue weighted by Crippen LogP contribution is -2.41. The van der Waals surface area contributed by atoms with Crippen molar-refractivity contribution in [3.63, 3.8) is 0 Å². The highest BCUT2D eigenvalue weighted by molar-refractivity contribution is 5.44. The van der Waals surface area contributed by atoms with Gasteiger partial charge in [-0.25, -0.2) is 0 Å². The molecule has 2 unspecified atom stereocenters. The van der Waals surface area contributed by atoms with Crippen molar-refractivity contribution in [1.82, 2.24) is 10.4 Å². The van der Waals surface area contributed by atoms with E-state index in [2.05, 4.69) is 24.3 Å². The van der Waals surface area contributed by atoms with Gasteiger partial charge in [0.2, 0.25) is 0 Å². The molecule has 0 saturated carbocycles. The number of anilines is 1. The third-order valence-corrected chi connectivity index (χ3v) is 2.93. The third kappa shape index (κ3) is 3.18. The van der Waals surface area contributed by atoms with Gasteiger partial charge in [-0.05, 0) is 24.0 Å². The number of pyridine rings is 1. The van der Waals surface area contributed by atoms with Gasteiger partial charge in [0, 0.05) is 24.1 Å². The van der Waals surface area contributed by atoms with Crippen LogP contribution in [0.3, 0.4) is 0 Å². The van der Waals surface area contributed by atoms with Crippen LogP contribution >= 0.6 is 0 Å². The maximum atomic E-state index is 5.86. The number of nitrogen functional groups attached to an aromatic ring is 1. The van der Waals surface area contributed by atoms with Gasteiger partial charge in [0.1, 0.15) is 0 Å². The van der Waals surface area contributed by atoms with Crippen LogP contribution in [0.4, 0.5) is 5.69 Å². The number of rotatable bonds is 5. The van der Waals surface area contributed by atoms with Gasteiger partial charge in [-0.15, -0.1) is 0 Å². The fourth-order valence-corrected chi connectivity index (χ4v) is 1.55. The number of hydrogen-bond acceptors (Lipinski definition) is 4. The molecule has 1 heterocycles. The number of aromatic nitrogens is 1. The van der Waals surface area contributed by atoms with E-state index in [9.17, 15) is 0 Å². The van der Waals surface area contributed by atoms with E-state index in [1.807, 2.05) is 12.3 Å². The molecule has 4 nitrogen and oxygen atoms in total. The summed E-state index contributed by atoms with van der Waals surface area (Å²) in [5.41, 5.74) is 10.5. The second-order valence-electron chi connectivity index (χ2n) is 3.94. The van der Waals surface area contributed by atoms with Gasteiger partial charge in [-0.3, -0.25) is 16.3 Å². The number of hydrazine groups is 1. The first-order chi connectivity index (χ1) is 7.19. The summed E-state index contributed by atoms with van der Waals surface area (Å²) in [5, 5.41) is 0. The highest BCUT2D eigenvalue weighted by atomic mass is 15.2. The van der Waals surface area contributed by atoms with Crippen LogP contribution in [0, 0.1) is 5.92 Å². The van der Waals surface area contributed by atoms with Crippen molar-refractivity contribution in [2.75, 3.05) is 5.73 Å². The van der Waals surface area contributed by atoms with E-state index in [-0.39, 0.29) is 6.04 Å². The average Bonchev–Trinajstić information content (AvgIpc) is 2.27. The van der Waals surface area contributed by atoms with Crippen LogP contribution in [0.25, 0.3) is 0 Å². The minimum atomic E-state index is 0.251. The molecule has 1 aromatic rings. The fraction of sp³-hybridized carbons (Fsp3) is 0.545. The van der Waals surface area contributed by atoms with Gasteiger partial charge in [0.15, 0.2) is 0 Å². The monoisotopic (exact) mass is 208 g/mol. The molecule has 0 aliphatic carbocycles. The molecule has 1 aromatic heterocycles. The molecule has 0 aromatic carbocycles. The molecule has 0 radical (unpaired) electrons. The van der Waals surface area contributed by atoms with E-state index in [1.165, 1.54) is 0 Å². The van der Waals surface area contributed by atoms with E-state index in [0.29, 0.717) is 5.92 Å². The molecule has 2 atom stereocenters. The van der Waals surface area contributed by atoms with Crippen LogP contribution in [-0.4, -0.2) is 11.0 Å². The van der Waals surface area contributed by atoms with E-state index in [4.69, 9.17) is 11.6 Å². The van der Waals surface area contributed by atoms with Gasteiger partial charge in [0.25, 0.3) is 0 Å². The summed E-state index contributed by atoms with van der Waals surface area (Å²) in [6.07, 6.45) is 5.43. The highest BCUT2D eigenvalue weighted by Gasteiger charge is 2.15. The third-order valence-electron chi connectivity index (χ3n) is 2.93. The molecular weight excluding hydrogens is 188 g/mol. The van der Waals surface area contributed by atoms with Gasteiger partial charge in [-0.1, -0.05) is 20.3 Å².